The number of carbonyl (C=O) groups excluding carboxylic acids is 2. The summed E-state index contributed by atoms with van der Waals surface area (Å²) in [5.74, 6) is 0.621. The summed E-state index contributed by atoms with van der Waals surface area (Å²) in [7, 11) is 0. The van der Waals surface area contributed by atoms with E-state index in [4.69, 9.17) is 9.47 Å². The Hall–Kier alpha value is -4.49. The third kappa shape index (κ3) is 12.4. The summed E-state index contributed by atoms with van der Waals surface area (Å²) in [5.41, 5.74) is -1.39. The molecule has 0 aliphatic carbocycles. The van der Waals surface area contributed by atoms with Gasteiger partial charge in [-0.2, -0.15) is 0 Å². The number of ether oxygens (including phenoxy) is 3. The molecule has 0 unspecified atom stereocenters. The van der Waals surface area contributed by atoms with Crippen LogP contribution in [0.3, 0.4) is 0 Å². The van der Waals surface area contributed by atoms with E-state index in [-0.39, 0.29) is 6.61 Å². The van der Waals surface area contributed by atoms with Gasteiger partial charge in [-0.3, -0.25) is 0 Å². The Labute approximate surface area is 254 Å². The smallest absolute Gasteiger partial charge is 0.345 e. The number of hydrogen-bond acceptors (Lipinski definition) is 5. The van der Waals surface area contributed by atoms with Crippen LogP contribution in [0.1, 0.15) is 91.8 Å². The number of carbonyl (C=O) groups is 2. The van der Waals surface area contributed by atoms with Gasteiger partial charge >= 0.3 is 11.9 Å². The SMILES string of the molecule is CCCCCCCCCCCCOc1ccc(C(=O)OCC#CC#CC#CCOC(=O)c2c(F)c(F)c(F)c(F)c2F)cc1. The standard InChI is InChI=1S/C34H33F5O5/c1-2-3-4-5-6-7-8-9-12-15-22-42-26-20-18-25(19-21-26)33(40)43-23-16-13-10-11-14-17-24-44-34(41)27-28(35)30(37)32(39)31(38)29(27)36/h18-21H,2-9,12,15,22-24H2,1H3. The van der Waals surface area contributed by atoms with Crippen LogP contribution in [0.15, 0.2) is 24.3 Å². The lowest BCUT2D eigenvalue weighted by Gasteiger charge is -2.07. The molecule has 2 aromatic rings. The molecular formula is C34H33F5O5. The quantitative estimate of drug-likeness (QED) is 0.0483. The van der Waals surface area contributed by atoms with Crippen LogP contribution in [0.4, 0.5) is 22.0 Å². The van der Waals surface area contributed by atoms with Crippen molar-refractivity contribution < 1.29 is 45.8 Å². The normalized spacial score (nSPS) is 9.95. The predicted molar refractivity (Wildman–Crippen MR) is 154 cm³/mol. The maximum Gasteiger partial charge on any atom is 0.345 e. The lowest BCUT2D eigenvalue weighted by atomic mass is 10.1. The van der Waals surface area contributed by atoms with Gasteiger partial charge in [-0.1, -0.05) is 64.7 Å². The molecule has 0 atom stereocenters. The second-order valence-corrected chi connectivity index (χ2v) is 9.51. The first kappa shape index (κ1) is 35.7. The zero-order valence-electron chi connectivity index (χ0n) is 24.4. The molecule has 0 aliphatic rings. The Morgan fingerprint density at radius 2 is 1.05 bits per heavy atom. The molecule has 5 nitrogen and oxygen atoms in total. The third-order valence-corrected chi connectivity index (χ3v) is 6.19. The number of hydrogen-bond donors (Lipinski definition) is 0. The van der Waals surface area contributed by atoms with Crippen molar-refractivity contribution in [2.24, 2.45) is 0 Å². The Morgan fingerprint density at radius 3 is 1.57 bits per heavy atom. The van der Waals surface area contributed by atoms with Crippen LogP contribution in [0.2, 0.25) is 0 Å². The maximum atomic E-state index is 13.6. The van der Waals surface area contributed by atoms with Crippen LogP contribution in [-0.2, 0) is 9.47 Å². The van der Waals surface area contributed by atoms with Crippen molar-refractivity contribution in [3.05, 3.63) is 64.5 Å². The second kappa shape index (κ2) is 20.4. The molecule has 2 aromatic carbocycles. The number of unbranched alkanes of at least 4 members (excludes halogenated alkanes) is 9. The molecule has 0 N–H and O–H groups in total. The van der Waals surface area contributed by atoms with Crippen molar-refractivity contribution in [2.75, 3.05) is 19.8 Å². The first-order valence-electron chi connectivity index (χ1n) is 14.3. The highest BCUT2D eigenvalue weighted by Crippen LogP contribution is 2.23. The van der Waals surface area contributed by atoms with E-state index in [9.17, 15) is 31.5 Å². The average molecular weight is 617 g/mol. The van der Waals surface area contributed by atoms with E-state index in [1.165, 1.54) is 51.4 Å². The first-order chi connectivity index (χ1) is 21.3. The Balaban J connectivity index is 1.63. The average Bonchev–Trinajstić information content (AvgIpc) is 3.02. The molecule has 10 heteroatoms. The van der Waals surface area contributed by atoms with E-state index in [1.807, 2.05) is 0 Å². The van der Waals surface area contributed by atoms with Gasteiger partial charge in [0.1, 0.15) is 11.3 Å². The zero-order valence-corrected chi connectivity index (χ0v) is 24.4. The summed E-state index contributed by atoms with van der Waals surface area (Å²) in [5, 5.41) is 0. The lowest BCUT2D eigenvalue weighted by Crippen LogP contribution is -2.15. The van der Waals surface area contributed by atoms with Crippen LogP contribution in [0.25, 0.3) is 0 Å². The van der Waals surface area contributed by atoms with E-state index < -0.39 is 53.2 Å². The van der Waals surface area contributed by atoms with Gasteiger partial charge in [-0.15, -0.1) is 0 Å². The van der Waals surface area contributed by atoms with Crippen molar-refractivity contribution in [3.8, 4) is 41.3 Å². The van der Waals surface area contributed by atoms with Gasteiger partial charge in [0.25, 0.3) is 0 Å². The fourth-order valence-electron chi connectivity index (χ4n) is 3.83. The van der Waals surface area contributed by atoms with Crippen molar-refractivity contribution >= 4 is 11.9 Å². The second-order valence-electron chi connectivity index (χ2n) is 9.51. The van der Waals surface area contributed by atoms with Gasteiger partial charge in [0.15, 0.2) is 36.5 Å². The Kier molecular flexibility index (Phi) is 16.6. The number of esters is 2. The predicted octanol–water partition coefficient (Wildman–Crippen LogP) is 7.71. The minimum atomic E-state index is -2.39. The molecule has 0 spiro atoms. The van der Waals surface area contributed by atoms with E-state index >= 15 is 0 Å². The highest BCUT2D eigenvalue weighted by molar-refractivity contribution is 5.90. The summed E-state index contributed by atoms with van der Waals surface area (Å²) in [4.78, 5) is 23.8. The monoisotopic (exact) mass is 616 g/mol. The van der Waals surface area contributed by atoms with Gasteiger partial charge in [-0.05, 0) is 66.2 Å². The third-order valence-electron chi connectivity index (χ3n) is 6.19. The molecule has 0 saturated heterocycles. The molecule has 0 saturated carbocycles. The molecule has 0 amide bonds. The number of rotatable bonds is 16. The molecule has 2 rings (SSSR count). The molecule has 0 aliphatic heterocycles. The minimum absolute atomic E-state index is 0.239. The fourth-order valence-corrected chi connectivity index (χ4v) is 3.83. The summed E-state index contributed by atoms with van der Waals surface area (Å²) < 4.78 is 81.7. The van der Waals surface area contributed by atoms with E-state index in [1.54, 1.807) is 24.3 Å². The highest BCUT2D eigenvalue weighted by Gasteiger charge is 2.30. The lowest BCUT2D eigenvalue weighted by molar-refractivity contribution is 0.0537. The molecule has 0 aromatic heterocycles. The summed E-state index contributed by atoms with van der Waals surface area (Å²) in [6.07, 6.45) is 12.5. The molecule has 0 radical (unpaired) electrons. The van der Waals surface area contributed by atoms with Gasteiger partial charge < -0.3 is 14.2 Å². The Bertz CT molecular complexity index is 1410. The van der Waals surface area contributed by atoms with Gasteiger partial charge in [0, 0.05) is 0 Å². The molecular weight excluding hydrogens is 583 g/mol. The fraction of sp³-hybridized carbons (Fsp3) is 0.412. The van der Waals surface area contributed by atoms with Gasteiger partial charge in [-0.25, -0.2) is 31.5 Å². The summed E-state index contributed by atoms with van der Waals surface area (Å²) in [6.45, 7) is 1.87. The molecule has 234 valence electrons. The number of benzene rings is 2. The van der Waals surface area contributed by atoms with E-state index in [2.05, 4.69) is 47.2 Å². The first-order valence-corrected chi connectivity index (χ1v) is 14.3. The molecule has 0 fully saturated rings. The highest BCUT2D eigenvalue weighted by atomic mass is 19.2. The topological polar surface area (TPSA) is 61.8 Å². The molecule has 44 heavy (non-hydrogen) atoms. The minimum Gasteiger partial charge on any atom is -0.494 e. The van der Waals surface area contributed by atoms with E-state index in [0.29, 0.717) is 17.9 Å². The van der Waals surface area contributed by atoms with Crippen molar-refractivity contribution in [1.29, 1.82) is 0 Å². The molecule has 0 bridgehead atoms. The van der Waals surface area contributed by atoms with Crippen molar-refractivity contribution in [3.63, 3.8) is 0 Å². The van der Waals surface area contributed by atoms with Gasteiger partial charge in [0.05, 0.1) is 12.2 Å². The van der Waals surface area contributed by atoms with Crippen LogP contribution >= 0.6 is 0 Å². The van der Waals surface area contributed by atoms with Crippen LogP contribution < -0.4 is 4.74 Å². The van der Waals surface area contributed by atoms with Crippen LogP contribution in [0.5, 0.6) is 5.75 Å². The van der Waals surface area contributed by atoms with Crippen LogP contribution in [-0.4, -0.2) is 31.8 Å². The van der Waals surface area contributed by atoms with Crippen molar-refractivity contribution in [1.82, 2.24) is 0 Å². The van der Waals surface area contributed by atoms with E-state index in [0.717, 1.165) is 12.8 Å². The Morgan fingerprint density at radius 1 is 0.591 bits per heavy atom. The van der Waals surface area contributed by atoms with Crippen LogP contribution in [0, 0.1) is 64.6 Å². The van der Waals surface area contributed by atoms with Gasteiger partial charge in [0.2, 0.25) is 5.82 Å². The molecule has 0 heterocycles. The maximum absolute atomic E-state index is 13.6. The zero-order chi connectivity index (χ0) is 32.2. The number of halogens is 5. The largest absolute Gasteiger partial charge is 0.494 e. The van der Waals surface area contributed by atoms with Crippen molar-refractivity contribution in [2.45, 2.75) is 71.1 Å². The summed E-state index contributed by atoms with van der Waals surface area (Å²) >= 11 is 0. The summed E-state index contributed by atoms with van der Waals surface area (Å²) in [6, 6.07) is 6.59.